The Bertz CT molecular complexity index is 905. The fourth-order valence-corrected chi connectivity index (χ4v) is 4.62. The summed E-state index contributed by atoms with van der Waals surface area (Å²) in [4.78, 5) is 12.9. The number of nitrogens with one attached hydrogen (secondary N) is 2. The topological polar surface area (TPSA) is 50.4 Å². The zero-order valence-corrected chi connectivity index (χ0v) is 17.3. The van der Waals surface area contributed by atoms with Crippen LogP contribution in [0.1, 0.15) is 66.6 Å². The standard InChI is InChI=1S/C25H30N2O2/c1-3-5-16-26-25(28)21-14-9-13-19-17-11-8-12-18(17)23(27-24(19)21)20-10-6-7-15-22(20)29-4-2/h6-11,13-15,17-18,23,27H,3-5,12,16H2,1-2H3,(H,26,28). The van der Waals surface area contributed by atoms with Crippen LogP contribution in [0.3, 0.4) is 0 Å². The quantitative estimate of drug-likeness (QED) is 0.489. The Morgan fingerprint density at radius 2 is 1.97 bits per heavy atom. The van der Waals surface area contributed by atoms with E-state index >= 15 is 0 Å². The maximum atomic E-state index is 12.9. The van der Waals surface area contributed by atoms with Gasteiger partial charge in [-0.3, -0.25) is 4.79 Å². The lowest BCUT2D eigenvalue weighted by Gasteiger charge is -2.38. The first-order chi connectivity index (χ1) is 14.2. The second-order valence-electron chi connectivity index (χ2n) is 7.83. The van der Waals surface area contributed by atoms with Crippen LogP contribution in [0.2, 0.25) is 0 Å². The fourth-order valence-electron chi connectivity index (χ4n) is 4.62. The van der Waals surface area contributed by atoms with Crippen LogP contribution in [0.4, 0.5) is 5.69 Å². The van der Waals surface area contributed by atoms with Crippen LogP contribution in [0.5, 0.6) is 5.75 Å². The molecule has 0 fully saturated rings. The summed E-state index contributed by atoms with van der Waals surface area (Å²) in [5.74, 6) is 1.66. The minimum atomic E-state index is 0.0000647. The summed E-state index contributed by atoms with van der Waals surface area (Å²) in [7, 11) is 0. The van der Waals surface area contributed by atoms with E-state index < -0.39 is 0 Å². The minimum absolute atomic E-state index is 0.0000647. The summed E-state index contributed by atoms with van der Waals surface area (Å²) in [6, 6.07) is 14.5. The highest BCUT2D eigenvalue weighted by Gasteiger charge is 2.40. The number of hydrogen-bond donors (Lipinski definition) is 2. The van der Waals surface area contributed by atoms with E-state index in [9.17, 15) is 4.79 Å². The number of fused-ring (bicyclic) bond motifs is 3. The molecule has 0 bridgehead atoms. The van der Waals surface area contributed by atoms with E-state index in [2.05, 4.69) is 47.9 Å². The third-order valence-corrected chi connectivity index (χ3v) is 6.01. The summed E-state index contributed by atoms with van der Waals surface area (Å²) in [6.45, 7) is 5.49. The molecule has 1 amide bonds. The summed E-state index contributed by atoms with van der Waals surface area (Å²) >= 11 is 0. The van der Waals surface area contributed by atoms with E-state index in [0.717, 1.165) is 36.3 Å². The van der Waals surface area contributed by atoms with Crippen molar-refractivity contribution in [1.82, 2.24) is 5.32 Å². The molecule has 1 aliphatic heterocycles. The van der Waals surface area contributed by atoms with Crippen molar-refractivity contribution in [2.45, 2.75) is 45.1 Å². The molecule has 3 atom stereocenters. The largest absolute Gasteiger partial charge is 0.494 e. The van der Waals surface area contributed by atoms with Gasteiger partial charge >= 0.3 is 0 Å². The van der Waals surface area contributed by atoms with E-state index in [0.29, 0.717) is 25.0 Å². The molecule has 1 aliphatic carbocycles. The molecule has 0 saturated carbocycles. The van der Waals surface area contributed by atoms with E-state index in [-0.39, 0.29) is 11.9 Å². The van der Waals surface area contributed by atoms with E-state index in [4.69, 9.17) is 4.74 Å². The number of ether oxygens (including phenoxy) is 1. The number of unbranched alkanes of at least 4 members (excludes halogenated alkanes) is 1. The zero-order chi connectivity index (χ0) is 20.2. The second kappa shape index (κ2) is 8.73. The van der Waals surface area contributed by atoms with Crippen molar-refractivity contribution < 1.29 is 9.53 Å². The molecule has 4 rings (SSSR count). The highest BCUT2D eigenvalue weighted by atomic mass is 16.5. The van der Waals surface area contributed by atoms with Gasteiger partial charge in [0.15, 0.2) is 0 Å². The fraction of sp³-hybridized carbons (Fsp3) is 0.400. The Morgan fingerprint density at radius 3 is 2.79 bits per heavy atom. The number of rotatable bonds is 7. The monoisotopic (exact) mass is 390 g/mol. The molecule has 0 spiro atoms. The molecule has 0 saturated heterocycles. The van der Waals surface area contributed by atoms with E-state index in [1.807, 2.05) is 31.2 Å². The summed E-state index contributed by atoms with van der Waals surface area (Å²) in [5, 5.41) is 6.82. The van der Waals surface area contributed by atoms with Crippen LogP contribution in [0.15, 0.2) is 54.6 Å². The van der Waals surface area contributed by atoms with Crippen molar-refractivity contribution in [3.63, 3.8) is 0 Å². The van der Waals surface area contributed by atoms with Gasteiger partial charge in [0, 0.05) is 18.0 Å². The van der Waals surface area contributed by atoms with Crippen LogP contribution in [-0.4, -0.2) is 19.1 Å². The van der Waals surface area contributed by atoms with Crippen molar-refractivity contribution in [3.8, 4) is 5.75 Å². The Labute approximate surface area is 173 Å². The summed E-state index contributed by atoms with van der Waals surface area (Å²) < 4.78 is 5.93. The number of anilines is 1. The molecule has 152 valence electrons. The predicted molar refractivity (Wildman–Crippen MR) is 118 cm³/mol. The minimum Gasteiger partial charge on any atom is -0.494 e. The van der Waals surface area contributed by atoms with Gasteiger partial charge in [0.25, 0.3) is 5.91 Å². The molecule has 2 N–H and O–H groups in total. The normalized spacial score (nSPS) is 21.8. The second-order valence-corrected chi connectivity index (χ2v) is 7.83. The molecule has 4 nitrogen and oxygen atoms in total. The van der Waals surface area contributed by atoms with Crippen LogP contribution in [0, 0.1) is 5.92 Å². The van der Waals surface area contributed by atoms with Crippen molar-refractivity contribution >= 4 is 11.6 Å². The number of hydrogen-bond acceptors (Lipinski definition) is 3. The Morgan fingerprint density at radius 1 is 1.14 bits per heavy atom. The molecule has 0 radical (unpaired) electrons. The average Bonchev–Trinajstić information content (AvgIpc) is 3.24. The third kappa shape index (κ3) is 3.76. The molecule has 0 aromatic heterocycles. The molecule has 2 aromatic carbocycles. The number of carbonyl (C=O) groups is 1. The van der Waals surface area contributed by atoms with Crippen molar-refractivity contribution in [1.29, 1.82) is 0 Å². The van der Waals surface area contributed by atoms with Crippen LogP contribution >= 0.6 is 0 Å². The maximum absolute atomic E-state index is 12.9. The summed E-state index contributed by atoms with van der Waals surface area (Å²) in [6.07, 6.45) is 7.66. The molecule has 29 heavy (non-hydrogen) atoms. The van der Waals surface area contributed by atoms with E-state index in [1.165, 1.54) is 11.1 Å². The van der Waals surface area contributed by atoms with Gasteiger partial charge in [0.05, 0.1) is 23.9 Å². The first-order valence-electron chi connectivity index (χ1n) is 10.8. The van der Waals surface area contributed by atoms with E-state index in [1.54, 1.807) is 0 Å². The van der Waals surface area contributed by atoms with Crippen LogP contribution in [0.25, 0.3) is 0 Å². The number of benzene rings is 2. The number of carbonyl (C=O) groups excluding carboxylic acids is 1. The summed E-state index contributed by atoms with van der Waals surface area (Å²) in [5.41, 5.74) is 4.08. The van der Waals surface area contributed by atoms with Crippen LogP contribution < -0.4 is 15.4 Å². The molecule has 2 aliphatic rings. The van der Waals surface area contributed by atoms with Gasteiger partial charge in [-0.2, -0.15) is 0 Å². The maximum Gasteiger partial charge on any atom is 0.253 e. The lowest BCUT2D eigenvalue weighted by molar-refractivity contribution is 0.0953. The Hall–Kier alpha value is -2.75. The predicted octanol–water partition coefficient (Wildman–Crippen LogP) is 5.44. The SMILES string of the molecule is CCCCNC(=O)c1cccc2c1NC(c1ccccc1OCC)C1CC=CC21. The zero-order valence-electron chi connectivity index (χ0n) is 17.3. The van der Waals surface area contributed by atoms with Crippen molar-refractivity contribution in [2.75, 3.05) is 18.5 Å². The van der Waals surface area contributed by atoms with Gasteiger partial charge in [-0.1, -0.05) is 55.8 Å². The highest BCUT2D eigenvalue weighted by molar-refractivity contribution is 6.00. The highest BCUT2D eigenvalue weighted by Crippen LogP contribution is 2.51. The van der Waals surface area contributed by atoms with Gasteiger partial charge in [0.2, 0.25) is 0 Å². The number of allylic oxidation sites excluding steroid dienone is 2. The molecule has 1 heterocycles. The molecule has 3 unspecified atom stereocenters. The number of para-hydroxylation sites is 2. The average molecular weight is 391 g/mol. The lowest BCUT2D eigenvalue weighted by atomic mass is 9.76. The third-order valence-electron chi connectivity index (χ3n) is 6.01. The molecule has 4 heteroatoms. The van der Waals surface area contributed by atoms with Gasteiger partial charge in [-0.25, -0.2) is 0 Å². The van der Waals surface area contributed by atoms with Gasteiger partial charge in [0.1, 0.15) is 5.75 Å². The number of amides is 1. The lowest BCUT2D eigenvalue weighted by Crippen LogP contribution is -2.32. The molecule has 2 aromatic rings. The van der Waals surface area contributed by atoms with Gasteiger partial charge in [-0.05, 0) is 43.4 Å². The van der Waals surface area contributed by atoms with Crippen molar-refractivity contribution in [2.24, 2.45) is 5.92 Å². The van der Waals surface area contributed by atoms with Gasteiger partial charge < -0.3 is 15.4 Å². The van der Waals surface area contributed by atoms with Crippen LogP contribution in [-0.2, 0) is 0 Å². The van der Waals surface area contributed by atoms with Crippen molar-refractivity contribution in [3.05, 3.63) is 71.3 Å². The smallest absolute Gasteiger partial charge is 0.253 e. The Kier molecular flexibility index (Phi) is 5.89. The molecular formula is C25H30N2O2. The molecular weight excluding hydrogens is 360 g/mol. The first kappa shape index (κ1) is 19.6. The Balaban J connectivity index is 1.72. The first-order valence-corrected chi connectivity index (χ1v) is 10.8. The van der Waals surface area contributed by atoms with Gasteiger partial charge in [-0.15, -0.1) is 0 Å².